The predicted molar refractivity (Wildman–Crippen MR) is 75.8 cm³/mol. The van der Waals surface area contributed by atoms with Crippen LogP contribution < -0.4 is 5.32 Å². The molecule has 0 radical (unpaired) electrons. The van der Waals surface area contributed by atoms with Gasteiger partial charge in [-0.25, -0.2) is 0 Å². The van der Waals surface area contributed by atoms with E-state index >= 15 is 0 Å². The minimum atomic E-state index is -0.186. The Balaban J connectivity index is 2.07. The van der Waals surface area contributed by atoms with Gasteiger partial charge in [-0.05, 0) is 31.0 Å². The van der Waals surface area contributed by atoms with E-state index in [1.807, 2.05) is 0 Å². The first-order valence-electron chi connectivity index (χ1n) is 5.98. The molecule has 0 heterocycles. The van der Waals surface area contributed by atoms with Crippen LogP contribution in [0.5, 0.6) is 0 Å². The van der Waals surface area contributed by atoms with Crippen LogP contribution in [0.1, 0.15) is 36.0 Å². The standard InChI is InChI=1S/C13H14Cl3NO/c14-8-5-6-9(11(16)7-8)13(18)17-12-4-2-1-3-10(12)15/h5-7,10,12H,1-4H2,(H,17,18). The quantitative estimate of drug-likeness (QED) is 0.812. The zero-order valence-electron chi connectivity index (χ0n) is 9.76. The van der Waals surface area contributed by atoms with Gasteiger partial charge in [0.25, 0.3) is 5.91 Å². The van der Waals surface area contributed by atoms with E-state index in [4.69, 9.17) is 34.8 Å². The summed E-state index contributed by atoms with van der Waals surface area (Å²) < 4.78 is 0. The molecule has 2 rings (SSSR count). The number of benzene rings is 1. The Bertz CT molecular complexity index is 450. The van der Waals surface area contributed by atoms with E-state index in [2.05, 4.69) is 5.32 Å². The summed E-state index contributed by atoms with van der Waals surface area (Å²) in [5.41, 5.74) is 0.440. The SMILES string of the molecule is O=C(NC1CCCCC1Cl)c1ccc(Cl)cc1Cl. The molecule has 1 aliphatic rings. The number of rotatable bonds is 2. The van der Waals surface area contributed by atoms with Crippen molar-refractivity contribution < 1.29 is 4.79 Å². The molecule has 0 aliphatic heterocycles. The van der Waals surface area contributed by atoms with Gasteiger partial charge in [0.05, 0.1) is 16.0 Å². The Labute approximate surface area is 122 Å². The molecule has 2 atom stereocenters. The average Bonchev–Trinajstić information content (AvgIpc) is 2.32. The molecule has 5 heteroatoms. The van der Waals surface area contributed by atoms with Crippen molar-refractivity contribution in [2.75, 3.05) is 0 Å². The van der Waals surface area contributed by atoms with E-state index in [0.29, 0.717) is 15.6 Å². The number of halogens is 3. The van der Waals surface area contributed by atoms with Crippen molar-refractivity contribution in [1.82, 2.24) is 5.32 Å². The average molecular weight is 307 g/mol. The Morgan fingerprint density at radius 1 is 1.22 bits per heavy atom. The van der Waals surface area contributed by atoms with Gasteiger partial charge in [-0.15, -0.1) is 11.6 Å². The lowest BCUT2D eigenvalue weighted by molar-refractivity contribution is 0.0929. The van der Waals surface area contributed by atoms with Gasteiger partial charge in [0, 0.05) is 11.1 Å². The second kappa shape index (κ2) is 6.14. The molecule has 2 nitrogen and oxygen atoms in total. The number of hydrogen-bond donors (Lipinski definition) is 1. The molecule has 18 heavy (non-hydrogen) atoms. The van der Waals surface area contributed by atoms with E-state index in [-0.39, 0.29) is 17.3 Å². The first-order chi connectivity index (χ1) is 8.58. The topological polar surface area (TPSA) is 29.1 Å². The van der Waals surface area contributed by atoms with Gasteiger partial charge in [0.2, 0.25) is 0 Å². The Morgan fingerprint density at radius 2 is 1.94 bits per heavy atom. The Hall–Kier alpha value is -0.440. The van der Waals surface area contributed by atoms with Gasteiger partial charge >= 0.3 is 0 Å². The fraction of sp³-hybridized carbons (Fsp3) is 0.462. The molecule has 1 aromatic carbocycles. The van der Waals surface area contributed by atoms with Crippen molar-refractivity contribution in [2.45, 2.75) is 37.1 Å². The molecule has 1 saturated carbocycles. The molecule has 0 bridgehead atoms. The lowest BCUT2D eigenvalue weighted by atomic mass is 9.94. The highest BCUT2D eigenvalue weighted by Crippen LogP contribution is 2.25. The Morgan fingerprint density at radius 3 is 2.61 bits per heavy atom. The summed E-state index contributed by atoms with van der Waals surface area (Å²) in [6.45, 7) is 0. The maximum absolute atomic E-state index is 12.1. The van der Waals surface area contributed by atoms with Crippen LogP contribution in [0.15, 0.2) is 18.2 Å². The third-order valence-corrected chi connectivity index (χ3v) is 4.24. The number of carbonyl (C=O) groups is 1. The summed E-state index contributed by atoms with van der Waals surface area (Å²) in [7, 11) is 0. The van der Waals surface area contributed by atoms with Crippen molar-refractivity contribution in [3.05, 3.63) is 33.8 Å². The van der Waals surface area contributed by atoms with Crippen LogP contribution in [0.25, 0.3) is 0 Å². The summed E-state index contributed by atoms with van der Waals surface area (Å²) in [6, 6.07) is 4.88. The van der Waals surface area contributed by atoms with E-state index < -0.39 is 0 Å². The largest absolute Gasteiger partial charge is 0.348 e. The number of carbonyl (C=O) groups excluding carboxylic acids is 1. The molecule has 1 amide bonds. The molecular weight excluding hydrogens is 293 g/mol. The number of nitrogens with one attached hydrogen (secondary N) is 1. The van der Waals surface area contributed by atoms with Gasteiger partial charge in [-0.3, -0.25) is 4.79 Å². The smallest absolute Gasteiger partial charge is 0.253 e. The van der Waals surface area contributed by atoms with Crippen molar-refractivity contribution in [2.24, 2.45) is 0 Å². The van der Waals surface area contributed by atoms with Gasteiger partial charge in [0.15, 0.2) is 0 Å². The van der Waals surface area contributed by atoms with Crippen LogP contribution in [0.3, 0.4) is 0 Å². The molecule has 1 aromatic rings. The van der Waals surface area contributed by atoms with E-state index in [1.54, 1.807) is 18.2 Å². The highest BCUT2D eigenvalue weighted by Gasteiger charge is 2.25. The molecule has 98 valence electrons. The van der Waals surface area contributed by atoms with Crippen LogP contribution in [0, 0.1) is 0 Å². The van der Waals surface area contributed by atoms with Gasteiger partial charge in [-0.2, -0.15) is 0 Å². The fourth-order valence-corrected chi connectivity index (χ4v) is 3.01. The van der Waals surface area contributed by atoms with Crippen LogP contribution >= 0.6 is 34.8 Å². The van der Waals surface area contributed by atoms with Crippen LogP contribution in [-0.4, -0.2) is 17.3 Å². The van der Waals surface area contributed by atoms with E-state index in [9.17, 15) is 4.79 Å². The van der Waals surface area contributed by atoms with Crippen molar-refractivity contribution >= 4 is 40.7 Å². The lowest BCUT2D eigenvalue weighted by Gasteiger charge is -2.27. The second-order valence-corrected chi connectivity index (χ2v) is 5.91. The van der Waals surface area contributed by atoms with Gasteiger partial charge in [-0.1, -0.05) is 36.0 Å². The van der Waals surface area contributed by atoms with Crippen LogP contribution in [-0.2, 0) is 0 Å². The molecule has 1 fully saturated rings. The minimum absolute atomic E-state index is 0.00813. The third-order valence-electron chi connectivity index (χ3n) is 3.17. The molecule has 1 N–H and O–H groups in total. The molecule has 1 aliphatic carbocycles. The summed E-state index contributed by atoms with van der Waals surface area (Å²) in [6.07, 6.45) is 4.09. The molecule has 0 saturated heterocycles. The summed E-state index contributed by atoms with van der Waals surface area (Å²) >= 11 is 18.0. The van der Waals surface area contributed by atoms with E-state index in [0.717, 1.165) is 25.7 Å². The third kappa shape index (κ3) is 3.31. The van der Waals surface area contributed by atoms with Crippen molar-refractivity contribution in [1.29, 1.82) is 0 Å². The Kier molecular flexibility index (Phi) is 4.77. The maximum atomic E-state index is 12.1. The zero-order chi connectivity index (χ0) is 13.1. The van der Waals surface area contributed by atoms with Crippen LogP contribution in [0.4, 0.5) is 0 Å². The zero-order valence-corrected chi connectivity index (χ0v) is 12.0. The normalized spacial score (nSPS) is 23.7. The number of hydrogen-bond acceptors (Lipinski definition) is 1. The molecule has 0 spiro atoms. The second-order valence-electron chi connectivity index (χ2n) is 4.50. The van der Waals surface area contributed by atoms with Crippen LogP contribution in [0.2, 0.25) is 10.0 Å². The maximum Gasteiger partial charge on any atom is 0.253 e. The lowest BCUT2D eigenvalue weighted by Crippen LogP contribution is -2.42. The minimum Gasteiger partial charge on any atom is -0.348 e. The first kappa shape index (κ1) is 14.0. The number of alkyl halides is 1. The number of amides is 1. The molecule has 2 unspecified atom stereocenters. The van der Waals surface area contributed by atoms with E-state index in [1.165, 1.54) is 0 Å². The molecular formula is C13H14Cl3NO. The summed E-state index contributed by atoms with van der Waals surface area (Å²) in [4.78, 5) is 12.1. The van der Waals surface area contributed by atoms with Crippen molar-refractivity contribution in [3.8, 4) is 0 Å². The molecule has 0 aromatic heterocycles. The van der Waals surface area contributed by atoms with Crippen molar-refractivity contribution in [3.63, 3.8) is 0 Å². The summed E-state index contributed by atoms with van der Waals surface area (Å²) in [5.74, 6) is -0.186. The highest BCUT2D eigenvalue weighted by molar-refractivity contribution is 6.36. The monoisotopic (exact) mass is 305 g/mol. The fourth-order valence-electron chi connectivity index (χ4n) is 2.17. The first-order valence-corrected chi connectivity index (χ1v) is 7.17. The van der Waals surface area contributed by atoms with Gasteiger partial charge in [0.1, 0.15) is 0 Å². The predicted octanol–water partition coefficient (Wildman–Crippen LogP) is 4.27. The highest BCUT2D eigenvalue weighted by atomic mass is 35.5. The summed E-state index contributed by atoms with van der Waals surface area (Å²) in [5, 5.41) is 3.84. The van der Waals surface area contributed by atoms with Gasteiger partial charge < -0.3 is 5.32 Å².